The van der Waals surface area contributed by atoms with Crippen LogP contribution in [0.1, 0.15) is 41.6 Å². The zero-order chi connectivity index (χ0) is 22.4. The minimum Gasteiger partial charge on any atom is -0.493 e. The van der Waals surface area contributed by atoms with E-state index in [9.17, 15) is 20.0 Å². The van der Waals surface area contributed by atoms with Crippen molar-refractivity contribution in [3.05, 3.63) is 57.6 Å². The van der Waals surface area contributed by atoms with E-state index >= 15 is 0 Å². The standard InChI is InChI=1S/C22H27N3O6/c1-30-20-10-3-14(11-21(20)31-2)13-23-22(27)18-12-16(25(28)29)6-9-19(18)24-15-4-7-17(26)8-5-15/h3,6,9-12,15,17,24,26H,4-5,7-8,13H2,1-2H3,(H,23,27)/t15-,17+. The van der Waals surface area contributed by atoms with Gasteiger partial charge < -0.3 is 25.2 Å². The van der Waals surface area contributed by atoms with Crippen LogP contribution in [0.2, 0.25) is 0 Å². The molecule has 1 aliphatic carbocycles. The molecule has 0 saturated heterocycles. The molecule has 0 radical (unpaired) electrons. The second kappa shape index (κ2) is 10.1. The number of anilines is 1. The average molecular weight is 429 g/mol. The van der Waals surface area contributed by atoms with Gasteiger partial charge in [-0.3, -0.25) is 14.9 Å². The molecule has 1 saturated carbocycles. The number of nitrogens with one attached hydrogen (secondary N) is 2. The van der Waals surface area contributed by atoms with Gasteiger partial charge in [-0.05, 0) is 49.4 Å². The summed E-state index contributed by atoms with van der Waals surface area (Å²) in [5, 5.41) is 27.1. The normalized spacial score (nSPS) is 18.2. The highest BCUT2D eigenvalue weighted by atomic mass is 16.6. The summed E-state index contributed by atoms with van der Waals surface area (Å²) in [6.45, 7) is 0.219. The lowest BCUT2D eigenvalue weighted by molar-refractivity contribution is -0.384. The minimum atomic E-state index is -0.522. The molecular formula is C22H27N3O6. The number of carbonyl (C=O) groups is 1. The lowest BCUT2D eigenvalue weighted by Gasteiger charge is -2.27. The van der Waals surface area contributed by atoms with E-state index in [1.54, 1.807) is 25.3 Å². The van der Waals surface area contributed by atoms with Crippen LogP contribution in [0.15, 0.2) is 36.4 Å². The Morgan fingerprint density at radius 2 is 1.81 bits per heavy atom. The Labute approximate surface area is 180 Å². The van der Waals surface area contributed by atoms with E-state index in [0.717, 1.165) is 18.4 Å². The Bertz CT molecular complexity index is 941. The molecule has 31 heavy (non-hydrogen) atoms. The monoisotopic (exact) mass is 429 g/mol. The van der Waals surface area contributed by atoms with E-state index in [1.807, 2.05) is 6.07 Å². The maximum atomic E-state index is 12.9. The first-order valence-electron chi connectivity index (χ1n) is 10.1. The molecule has 9 nitrogen and oxygen atoms in total. The number of nitrogens with zero attached hydrogens (tertiary/aromatic N) is 1. The summed E-state index contributed by atoms with van der Waals surface area (Å²) in [5.74, 6) is 0.712. The summed E-state index contributed by atoms with van der Waals surface area (Å²) in [7, 11) is 3.08. The van der Waals surface area contributed by atoms with Crippen LogP contribution >= 0.6 is 0 Å². The largest absolute Gasteiger partial charge is 0.493 e. The maximum absolute atomic E-state index is 12.9. The Kier molecular flexibility index (Phi) is 7.30. The summed E-state index contributed by atoms with van der Waals surface area (Å²) in [4.78, 5) is 23.6. The number of carbonyl (C=O) groups excluding carboxylic acids is 1. The number of ether oxygens (including phenoxy) is 2. The minimum absolute atomic E-state index is 0.0993. The van der Waals surface area contributed by atoms with Gasteiger partial charge >= 0.3 is 0 Å². The molecule has 0 heterocycles. The number of hydrogen-bond acceptors (Lipinski definition) is 7. The molecule has 0 bridgehead atoms. The van der Waals surface area contributed by atoms with Crippen molar-refractivity contribution in [1.29, 1.82) is 0 Å². The molecule has 0 atom stereocenters. The number of nitro groups is 1. The van der Waals surface area contributed by atoms with E-state index in [-0.39, 0.29) is 29.9 Å². The first-order chi connectivity index (χ1) is 14.9. The highest BCUT2D eigenvalue weighted by Gasteiger charge is 2.22. The molecule has 3 rings (SSSR count). The van der Waals surface area contributed by atoms with Gasteiger partial charge in [0, 0.05) is 30.4 Å². The molecular weight excluding hydrogens is 402 g/mol. The number of aliphatic hydroxyl groups is 1. The lowest BCUT2D eigenvalue weighted by atomic mass is 9.92. The van der Waals surface area contributed by atoms with Gasteiger partial charge in [0.05, 0.1) is 30.8 Å². The van der Waals surface area contributed by atoms with E-state index in [2.05, 4.69) is 10.6 Å². The Morgan fingerprint density at radius 1 is 1.10 bits per heavy atom. The van der Waals surface area contributed by atoms with Gasteiger partial charge in [0.1, 0.15) is 0 Å². The summed E-state index contributed by atoms with van der Waals surface area (Å²) < 4.78 is 10.5. The second-order valence-corrected chi connectivity index (χ2v) is 7.51. The molecule has 0 unspecified atom stereocenters. The van der Waals surface area contributed by atoms with Crippen molar-refractivity contribution < 1.29 is 24.3 Å². The molecule has 1 aliphatic rings. The Morgan fingerprint density at radius 3 is 2.45 bits per heavy atom. The summed E-state index contributed by atoms with van der Waals surface area (Å²) in [5.41, 5.74) is 1.39. The Hall–Kier alpha value is -3.33. The molecule has 1 fully saturated rings. The molecule has 2 aromatic rings. The van der Waals surface area contributed by atoms with Crippen LogP contribution in [0, 0.1) is 10.1 Å². The van der Waals surface area contributed by atoms with Crippen molar-refractivity contribution in [2.45, 2.75) is 44.4 Å². The van der Waals surface area contributed by atoms with E-state index in [4.69, 9.17) is 9.47 Å². The fraction of sp³-hybridized carbons (Fsp3) is 0.409. The van der Waals surface area contributed by atoms with Gasteiger partial charge in [-0.15, -0.1) is 0 Å². The van der Waals surface area contributed by atoms with E-state index < -0.39 is 10.8 Å². The fourth-order valence-corrected chi connectivity index (χ4v) is 3.67. The zero-order valence-electron chi connectivity index (χ0n) is 17.6. The summed E-state index contributed by atoms with van der Waals surface area (Å²) >= 11 is 0. The van der Waals surface area contributed by atoms with Crippen LogP contribution in [0.25, 0.3) is 0 Å². The number of benzene rings is 2. The first-order valence-corrected chi connectivity index (χ1v) is 10.1. The molecule has 0 spiro atoms. The third-order valence-electron chi connectivity index (χ3n) is 5.42. The van der Waals surface area contributed by atoms with Crippen molar-refractivity contribution in [3.63, 3.8) is 0 Å². The van der Waals surface area contributed by atoms with Crippen molar-refractivity contribution in [3.8, 4) is 11.5 Å². The summed E-state index contributed by atoms with van der Waals surface area (Å²) in [6.07, 6.45) is 2.62. The molecule has 1 amide bonds. The molecule has 3 N–H and O–H groups in total. The van der Waals surface area contributed by atoms with Gasteiger partial charge in [-0.2, -0.15) is 0 Å². The second-order valence-electron chi connectivity index (χ2n) is 7.51. The number of nitro benzene ring substituents is 1. The van der Waals surface area contributed by atoms with Gasteiger partial charge in [0.15, 0.2) is 11.5 Å². The van der Waals surface area contributed by atoms with Gasteiger partial charge in [-0.25, -0.2) is 0 Å². The van der Waals surface area contributed by atoms with Gasteiger partial charge in [0.2, 0.25) is 0 Å². The number of rotatable bonds is 8. The van der Waals surface area contributed by atoms with E-state index in [0.29, 0.717) is 30.0 Å². The van der Waals surface area contributed by atoms with Gasteiger partial charge in [0.25, 0.3) is 11.6 Å². The third kappa shape index (κ3) is 5.64. The van der Waals surface area contributed by atoms with Crippen molar-refractivity contribution in [2.75, 3.05) is 19.5 Å². The number of aliphatic hydroxyl groups excluding tert-OH is 1. The molecule has 0 aliphatic heterocycles. The maximum Gasteiger partial charge on any atom is 0.270 e. The highest BCUT2D eigenvalue weighted by Crippen LogP contribution is 2.29. The van der Waals surface area contributed by atoms with Crippen LogP contribution in [-0.2, 0) is 6.54 Å². The quantitative estimate of drug-likeness (QED) is 0.435. The third-order valence-corrected chi connectivity index (χ3v) is 5.42. The summed E-state index contributed by atoms with van der Waals surface area (Å²) in [6, 6.07) is 9.64. The van der Waals surface area contributed by atoms with Crippen molar-refractivity contribution in [2.24, 2.45) is 0 Å². The molecule has 9 heteroatoms. The lowest BCUT2D eigenvalue weighted by Crippen LogP contribution is -2.30. The van der Waals surface area contributed by atoms with Crippen LogP contribution in [-0.4, -0.2) is 42.3 Å². The fourth-order valence-electron chi connectivity index (χ4n) is 3.67. The average Bonchev–Trinajstić information content (AvgIpc) is 2.78. The zero-order valence-corrected chi connectivity index (χ0v) is 17.6. The predicted molar refractivity (Wildman–Crippen MR) is 116 cm³/mol. The van der Waals surface area contributed by atoms with Crippen molar-refractivity contribution in [1.82, 2.24) is 5.32 Å². The predicted octanol–water partition coefficient (Wildman–Crippen LogP) is 3.26. The SMILES string of the molecule is COc1ccc(CNC(=O)c2cc([N+](=O)[O-])ccc2N[C@H]2CC[C@@H](O)CC2)cc1OC. The number of methoxy groups -OCH3 is 2. The first kappa shape index (κ1) is 22.4. The van der Waals surface area contributed by atoms with Crippen LogP contribution in [0.4, 0.5) is 11.4 Å². The smallest absolute Gasteiger partial charge is 0.270 e. The molecule has 0 aromatic heterocycles. The Balaban J connectivity index is 1.76. The van der Waals surface area contributed by atoms with Crippen LogP contribution < -0.4 is 20.1 Å². The topological polar surface area (TPSA) is 123 Å². The van der Waals surface area contributed by atoms with Crippen molar-refractivity contribution >= 4 is 17.3 Å². The van der Waals surface area contributed by atoms with Gasteiger partial charge in [-0.1, -0.05) is 6.07 Å². The molecule has 166 valence electrons. The number of amides is 1. The highest BCUT2D eigenvalue weighted by molar-refractivity contribution is 6.00. The molecule has 2 aromatic carbocycles. The van der Waals surface area contributed by atoms with Crippen LogP contribution in [0.5, 0.6) is 11.5 Å². The number of hydrogen-bond donors (Lipinski definition) is 3. The van der Waals surface area contributed by atoms with Crippen LogP contribution in [0.3, 0.4) is 0 Å². The number of non-ortho nitro benzene ring substituents is 1. The van der Waals surface area contributed by atoms with E-state index in [1.165, 1.54) is 19.2 Å².